The van der Waals surface area contributed by atoms with Gasteiger partial charge >= 0.3 is 0 Å². The van der Waals surface area contributed by atoms with Gasteiger partial charge in [0.05, 0.1) is 12.1 Å². The van der Waals surface area contributed by atoms with Crippen LogP contribution in [0.1, 0.15) is 52.6 Å². The van der Waals surface area contributed by atoms with Gasteiger partial charge in [-0.15, -0.1) is 24.2 Å². The number of benzene rings is 1. The molecule has 0 bridgehead atoms. The van der Waals surface area contributed by atoms with Crippen LogP contribution in [0.5, 0.6) is 0 Å². The molecule has 0 heterocycles. The van der Waals surface area contributed by atoms with Crippen molar-refractivity contribution in [3.8, 4) is 0 Å². The minimum atomic E-state index is -0.494. The van der Waals surface area contributed by atoms with Gasteiger partial charge in [-0.25, -0.2) is 0 Å². The molecule has 0 fully saturated rings. The molecule has 1 unspecified atom stereocenters. The van der Waals surface area contributed by atoms with Crippen molar-refractivity contribution in [3.05, 3.63) is 29.8 Å². The Kier molecular flexibility index (Phi) is 8.19. The van der Waals surface area contributed by atoms with Crippen LogP contribution in [-0.2, 0) is 0 Å². The van der Waals surface area contributed by atoms with Crippen molar-refractivity contribution in [1.82, 2.24) is 0 Å². The molecule has 0 saturated carbocycles. The monoisotopic (exact) mass is 317 g/mol. The van der Waals surface area contributed by atoms with Crippen LogP contribution in [0.3, 0.4) is 0 Å². The minimum absolute atomic E-state index is 0. The zero-order chi connectivity index (χ0) is 14.6. The largest absolute Gasteiger partial charge is 0.391 e. The van der Waals surface area contributed by atoms with E-state index in [1.54, 1.807) is 11.8 Å². The van der Waals surface area contributed by atoms with E-state index in [0.717, 1.165) is 12.0 Å². The third-order valence-corrected chi connectivity index (χ3v) is 4.49. The molecule has 4 heteroatoms. The fourth-order valence-corrected chi connectivity index (χ4v) is 3.09. The molecular weight excluding hydrogens is 290 g/mol. The van der Waals surface area contributed by atoms with Gasteiger partial charge in [0.2, 0.25) is 0 Å². The Labute approximate surface area is 133 Å². The van der Waals surface area contributed by atoms with Gasteiger partial charge in [-0.05, 0) is 17.5 Å². The number of halogens is 1. The first-order valence-electron chi connectivity index (χ1n) is 6.98. The SMILES string of the molecule is CCC(C)[C@@H](O)[C@@H](N)c1ccccc1SC(C)(C)C.Cl. The molecule has 0 spiro atoms. The van der Waals surface area contributed by atoms with Crippen LogP contribution in [0.4, 0.5) is 0 Å². The number of thioether (sulfide) groups is 1. The van der Waals surface area contributed by atoms with E-state index in [-0.39, 0.29) is 29.1 Å². The highest BCUT2D eigenvalue weighted by Gasteiger charge is 2.25. The molecule has 0 amide bonds. The van der Waals surface area contributed by atoms with E-state index >= 15 is 0 Å². The van der Waals surface area contributed by atoms with Crippen molar-refractivity contribution in [2.24, 2.45) is 11.7 Å². The summed E-state index contributed by atoms with van der Waals surface area (Å²) < 4.78 is 0.136. The quantitative estimate of drug-likeness (QED) is 0.791. The molecule has 0 aromatic heterocycles. The topological polar surface area (TPSA) is 46.2 Å². The van der Waals surface area contributed by atoms with Gasteiger partial charge in [0, 0.05) is 9.64 Å². The van der Waals surface area contributed by atoms with Crippen molar-refractivity contribution in [3.63, 3.8) is 0 Å². The lowest BCUT2D eigenvalue weighted by atomic mass is 9.91. The third kappa shape index (κ3) is 5.65. The van der Waals surface area contributed by atoms with Gasteiger partial charge in [-0.3, -0.25) is 0 Å². The van der Waals surface area contributed by atoms with E-state index in [4.69, 9.17) is 5.73 Å². The second-order valence-electron chi connectivity index (χ2n) is 6.15. The molecule has 1 rings (SSSR count). The van der Waals surface area contributed by atoms with Crippen LogP contribution in [0.25, 0.3) is 0 Å². The van der Waals surface area contributed by atoms with Gasteiger partial charge in [0.25, 0.3) is 0 Å². The Morgan fingerprint density at radius 3 is 2.30 bits per heavy atom. The molecule has 1 aromatic carbocycles. The molecule has 0 aliphatic heterocycles. The molecule has 3 N–H and O–H groups in total. The minimum Gasteiger partial charge on any atom is -0.391 e. The highest BCUT2D eigenvalue weighted by molar-refractivity contribution is 8.00. The Hall–Kier alpha value is -0.220. The fourth-order valence-electron chi connectivity index (χ4n) is 1.96. The zero-order valence-corrected chi connectivity index (χ0v) is 14.7. The Morgan fingerprint density at radius 2 is 1.80 bits per heavy atom. The Balaban J connectivity index is 0.00000361. The van der Waals surface area contributed by atoms with Crippen molar-refractivity contribution >= 4 is 24.2 Å². The number of rotatable bonds is 5. The lowest BCUT2D eigenvalue weighted by Crippen LogP contribution is -2.32. The van der Waals surface area contributed by atoms with Crippen molar-refractivity contribution in [2.45, 2.75) is 62.8 Å². The first-order valence-corrected chi connectivity index (χ1v) is 7.79. The third-order valence-electron chi connectivity index (χ3n) is 3.29. The molecule has 0 aliphatic rings. The molecule has 1 aromatic rings. The summed E-state index contributed by atoms with van der Waals surface area (Å²) in [7, 11) is 0. The van der Waals surface area contributed by atoms with Gasteiger partial charge < -0.3 is 10.8 Å². The molecule has 0 saturated heterocycles. The second kappa shape index (κ2) is 8.28. The summed E-state index contributed by atoms with van der Waals surface area (Å²) in [6.07, 6.45) is 0.440. The number of aliphatic hydroxyl groups is 1. The molecule has 116 valence electrons. The lowest BCUT2D eigenvalue weighted by Gasteiger charge is -2.27. The van der Waals surface area contributed by atoms with Gasteiger partial charge in [0.1, 0.15) is 0 Å². The zero-order valence-electron chi connectivity index (χ0n) is 13.1. The molecule has 0 aliphatic carbocycles. The second-order valence-corrected chi connectivity index (χ2v) is 8.02. The molecule has 0 radical (unpaired) electrons. The summed E-state index contributed by atoms with van der Waals surface area (Å²) in [4.78, 5) is 1.17. The van der Waals surface area contributed by atoms with E-state index in [0.29, 0.717) is 0 Å². The number of nitrogens with two attached hydrogens (primary N) is 1. The van der Waals surface area contributed by atoms with Gasteiger partial charge in [-0.1, -0.05) is 59.2 Å². The van der Waals surface area contributed by atoms with E-state index < -0.39 is 6.10 Å². The van der Waals surface area contributed by atoms with E-state index in [1.807, 2.05) is 25.1 Å². The first kappa shape index (κ1) is 19.8. The van der Waals surface area contributed by atoms with E-state index in [9.17, 15) is 5.11 Å². The van der Waals surface area contributed by atoms with Crippen molar-refractivity contribution in [2.75, 3.05) is 0 Å². The molecule has 3 atom stereocenters. The highest BCUT2D eigenvalue weighted by Crippen LogP contribution is 2.37. The van der Waals surface area contributed by atoms with Crippen LogP contribution in [-0.4, -0.2) is 16.0 Å². The average molecular weight is 318 g/mol. The van der Waals surface area contributed by atoms with Gasteiger partial charge in [-0.2, -0.15) is 0 Å². The van der Waals surface area contributed by atoms with Crippen LogP contribution >= 0.6 is 24.2 Å². The van der Waals surface area contributed by atoms with E-state index in [1.165, 1.54) is 4.90 Å². The van der Waals surface area contributed by atoms with Crippen LogP contribution < -0.4 is 5.73 Å². The highest BCUT2D eigenvalue weighted by atomic mass is 35.5. The Morgan fingerprint density at radius 1 is 1.25 bits per heavy atom. The first-order chi connectivity index (χ1) is 8.76. The summed E-state index contributed by atoms with van der Waals surface area (Å²) in [6.45, 7) is 10.7. The maximum absolute atomic E-state index is 10.3. The van der Waals surface area contributed by atoms with Gasteiger partial charge in [0.15, 0.2) is 0 Å². The normalized spacial score (nSPS) is 16.1. The summed E-state index contributed by atoms with van der Waals surface area (Å²) in [5.74, 6) is 0.211. The summed E-state index contributed by atoms with van der Waals surface area (Å²) >= 11 is 1.80. The average Bonchev–Trinajstić information content (AvgIpc) is 2.35. The maximum atomic E-state index is 10.3. The number of hydrogen-bond acceptors (Lipinski definition) is 3. The predicted octanol–water partition coefficient (Wildman–Crippen LogP) is 4.41. The number of aliphatic hydroxyl groups excluding tert-OH is 1. The summed E-state index contributed by atoms with van der Waals surface area (Å²) in [5, 5.41) is 10.3. The maximum Gasteiger partial charge on any atom is 0.0758 e. The summed E-state index contributed by atoms with van der Waals surface area (Å²) in [5.41, 5.74) is 7.32. The van der Waals surface area contributed by atoms with Crippen molar-refractivity contribution in [1.29, 1.82) is 0 Å². The Bertz CT molecular complexity index is 406. The standard InChI is InChI=1S/C16H27NOS.ClH/c1-6-11(2)15(18)14(17)12-9-7-8-10-13(12)19-16(3,4)5;/h7-11,14-15,18H,6,17H2,1-5H3;1H/t11?,14-,15+;/m0./s1. The summed E-state index contributed by atoms with van der Waals surface area (Å²) in [6, 6.07) is 7.82. The fraction of sp³-hybridized carbons (Fsp3) is 0.625. The smallest absolute Gasteiger partial charge is 0.0758 e. The molecule has 2 nitrogen and oxygen atoms in total. The molecule has 20 heavy (non-hydrogen) atoms. The van der Waals surface area contributed by atoms with E-state index in [2.05, 4.69) is 33.8 Å². The van der Waals surface area contributed by atoms with Crippen LogP contribution in [0.2, 0.25) is 0 Å². The molecular formula is C16H28ClNOS. The predicted molar refractivity (Wildman–Crippen MR) is 91.7 cm³/mol. The van der Waals surface area contributed by atoms with Crippen LogP contribution in [0, 0.1) is 5.92 Å². The van der Waals surface area contributed by atoms with Crippen molar-refractivity contribution < 1.29 is 5.11 Å². The lowest BCUT2D eigenvalue weighted by molar-refractivity contribution is 0.0872. The van der Waals surface area contributed by atoms with Crippen LogP contribution in [0.15, 0.2) is 29.2 Å². The number of hydrogen-bond donors (Lipinski definition) is 2.